The normalized spacial score (nSPS) is 11.0. The molecule has 3 aromatic rings. The highest BCUT2D eigenvalue weighted by atomic mass is 16.2. The van der Waals surface area contributed by atoms with Crippen molar-refractivity contribution in [2.75, 3.05) is 5.32 Å². The zero-order valence-corrected chi connectivity index (χ0v) is 17.5. The van der Waals surface area contributed by atoms with E-state index in [0.717, 1.165) is 11.3 Å². The molecule has 0 fully saturated rings. The predicted molar refractivity (Wildman–Crippen MR) is 117 cm³/mol. The molecule has 29 heavy (non-hydrogen) atoms. The average Bonchev–Trinajstić information content (AvgIpc) is 2.73. The van der Waals surface area contributed by atoms with Gasteiger partial charge >= 0.3 is 0 Å². The van der Waals surface area contributed by atoms with Crippen molar-refractivity contribution in [3.05, 3.63) is 83.7 Å². The van der Waals surface area contributed by atoms with E-state index < -0.39 is 0 Å². The fourth-order valence-electron chi connectivity index (χ4n) is 3.02. The van der Waals surface area contributed by atoms with E-state index in [1.54, 1.807) is 12.4 Å². The minimum atomic E-state index is -0.0725. The van der Waals surface area contributed by atoms with E-state index >= 15 is 0 Å². The van der Waals surface area contributed by atoms with Gasteiger partial charge in [-0.25, -0.2) is 9.97 Å². The van der Waals surface area contributed by atoms with E-state index in [4.69, 9.17) is 0 Å². The van der Waals surface area contributed by atoms with Gasteiger partial charge in [0.2, 0.25) is 5.95 Å². The Hall–Kier alpha value is -3.21. The summed E-state index contributed by atoms with van der Waals surface area (Å²) in [6.45, 7) is 8.91. The van der Waals surface area contributed by atoms with Crippen LogP contribution in [0.25, 0.3) is 0 Å². The lowest BCUT2D eigenvalue weighted by Crippen LogP contribution is -2.36. The first kappa shape index (κ1) is 20.5. The van der Waals surface area contributed by atoms with Crippen LogP contribution in [0.15, 0.2) is 67.0 Å². The molecule has 150 valence electrons. The quantitative estimate of drug-likeness (QED) is 0.589. The number of carbonyl (C=O) groups is 1. The van der Waals surface area contributed by atoms with Gasteiger partial charge in [0.15, 0.2) is 0 Å². The third kappa shape index (κ3) is 5.41. The summed E-state index contributed by atoms with van der Waals surface area (Å²) in [5.41, 5.74) is 3.78. The lowest BCUT2D eigenvalue weighted by molar-refractivity contribution is 0.0689. The van der Waals surface area contributed by atoms with Crippen LogP contribution in [0.4, 0.5) is 11.6 Å². The van der Waals surface area contributed by atoms with Crippen molar-refractivity contribution in [2.45, 2.75) is 46.2 Å². The SMILES string of the molecule is CC(C)c1ccc(Nc2ncc(C(=O)N(Cc3ccccc3)C(C)C)cn2)cc1. The monoisotopic (exact) mass is 388 g/mol. The van der Waals surface area contributed by atoms with Crippen LogP contribution in [0.5, 0.6) is 0 Å². The average molecular weight is 389 g/mol. The molecule has 0 aliphatic carbocycles. The largest absolute Gasteiger partial charge is 0.332 e. The van der Waals surface area contributed by atoms with Gasteiger partial charge in [-0.1, -0.05) is 56.3 Å². The van der Waals surface area contributed by atoms with Crippen LogP contribution in [-0.4, -0.2) is 26.8 Å². The Kier molecular flexibility index (Phi) is 6.60. The lowest BCUT2D eigenvalue weighted by Gasteiger charge is -2.26. The maximum atomic E-state index is 13.0. The van der Waals surface area contributed by atoms with Crippen molar-refractivity contribution in [3.8, 4) is 0 Å². The topological polar surface area (TPSA) is 58.1 Å². The second-order valence-electron chi connectivity index (χ2n) is 7.71. The van der Waals surface area contributed by atoms with E-state index in [-0.39, 0.29) is 11.9 Å². The zero-order chi connectivity index (χ0) is 20.8. The van der Waals surface area contributed by atoms with Gasteiger partial charge in [-0.15, -0.1) is 0 Å². The molecule has 0 spiro atoms. The van der Waals surface area contributed by atoms with Gasteiger partial charge < -0.3 is 10.2 Å². The van der Waals surface area contributed by atoms with Crippen molar-refractivity contribution in [2.24, 2.45) is 0 Å². The molecule has 5 heteroatoms. The Bertz CT molecular complexity index is 919. The van der Waals surface area contributed by atoms with E-state index in [1.165, 1.54) is 5.56 Å². The zero-order valence-electron chi connectivity index (χ0n) is 17.5. The number of rotatable bonds is 7. The molecule has 0 aliphatic rings. The molecule has 0 unspecified atom stereocenters. The Balaban J connectivity index is 1.69. The number of amides is 1. The molecule has 0 saturated carbocycles. The fourth-order valence-corrected chi connectivity index (χ4v) is 3.02. The van der Waals surface area contributed by atoms with Crippen molar-refractivity contribution in [1.82, 2.24) is 14.9 Å². The van der Waals surface area contributed by atoms with Crippen LogP contribution < -0.4 is 5.32 Å². The van der Waals surface area contributed by atoms with Crippen LogP contribution in [0.3, 0.4) is 0 Å². The molecular formula is C24H28N4O. The molecular weight excluding hydrogens is 360 g/mol. The molecule has 1 aromatic heterocycles. The number of aromatic nitrogens is 2. The number of nitrogens with one attached hydrogen (secondary N) is 1. The molecule has 3 rings (SSSR count). The van der Waals surface area contributed by atoms with Gasteiger partial charge in [-0.2, -0.15) is 0 Å². The van der Waals surface area contributed by atoms with E-state index in [9.17, 15) is 4.79 Å². The van der Waals surface area contributed by atoms with E-state index in [0.29, 0.717) is 24.0 Å². The first-order valence-electron chi connectivity index (χ1n) is 9.98. The summed E-state index contributed by atoms with van der Waals surface area (Å²) in [7, 11) is 0. The van der Waals surface area contributed by atoms with Crippen molar-refractivity contribution < 1.29 is 4.79 Å². The number of nitrogens with zero attached hydrogens (tertiary/aromatic N) is 3. The highest BCUT2D eigenvalue weighted by molar-refractivity contribution is 5.93. The van der Waals surface area contributed by atoms with Crippen LogP contribution in [0.1, 0.15) is 55.1 Å². The Morgan fingerprint density at radius 2 is 1.55 bits per heavy atom. The number of carbonyl (C=O) groups excluding carboxylic acids is 1. The number of hydrogen-bond acceptors (Lipinski definition) is 4. The Morgan fingerprint density at radius 1 is 0.931 bits per heavy atom. The second-order valence-corrected chi connectivity index (χ2v) is 7.71. The minimum Gasteiger partial charge on any atom is -0.332 e. The van der Waals surface area contributed by atoms with E-state index in [2.05, 4.69) is 41.3 Å². The smallest absolute Gasteiger partial charge is 0.257 e. The fraction of sp³-hybridized carbons (Fsp3) is 0.292. The first-order valence-corrected chi connectivity index (χ1v) is 9.98. The molecule has 0 saturated heterocycles. The van der Waals surface area contributed by atoms with Crippen LogP contribution in [0, 0.1) is 0 Å². The maximum Gasteiger partial charge on any atom is 0.257 e. The van der Waals surface area contributed by atoms with Gasteiger partial charge in [-0.05, 0) is 43.0 Å². The summed E-state index contributed by atoms with van der Waals surface area (Å²) < 4.78 is 0. The third-order valence-corrected chi connectivity index (χ3v) is 4.81. The van der Waals surface area contributed by atoms with Gasteiger partial charge in [-0.3, -0.25) is 4.79 Å². The van der Waals surface area contributed by atoms with Crippen molar-refractivity contribution >= 4 is 17.5 Å². The molecule has 0 atom stereocenters. The summed E-state index contributed by atoms with van der Waals surface area (Å²) in [5, 5.41) is 3.18. The Morgan fingerprint density at radius 3 is 2.10 bits per heavy atom. The third-order valence-electron chi connectivity index (χ3n) is 4.81. The van der Waals surface area contributed by atoms with Gasteiger partial charge in [0, 0.05) is 30.7 Å². The first-order chi connectivity index (χ1) is 13.9. The molecule has 5 nitrogen and oxygen atoms in total. The summed E-state index contributed by atoms with van der Waals surface area (Å²) >= 11 is 0. The van der Waals surface area contributed by atoms with Gasteiger partial charge in [0.05, 0.1) is 5.56 Å². The summed E-state index contributed by atoms with van der Waals surface area (Å²) in [5.74, 6) is 0.889. The van der Waals surface area contributed by atoms with Crippen LogP contribution in [-0.2, 0) is 6.54 Å². The maximum absolute atomic E-state index is 13.0. The molecule has 1 N–H and O–H groups in total. The van der Waals surface area contributed by atoms with Crippen LogP contribution >= 0.6 is 0 Å². The molecule has 0 aliphatic heterocycles. The standard InChI is InChI=1S/C24H28N4O/c1-17(2)20-10-12-22(13-11-20)27-24-25-14-21(15-26-24)23(29)28(18(3)4)16-19-8-6-5-7-9-19/h5-15,17-18H,16H2,1-4H3,(H,25,26,27). The van der Waals surface area contributed by atoms with Gasteiger partial charge in [0.25, 0.3) is 5.91 Å². The molecule has 2 aromatic carbocycles. The van der Waals surface area contributed by atoms with Crippen LogP contribution in [0.2, 0.25) is 0 Å². The summed E-state index contributed by atoms with van der Waals surface area (Å²) in [6.07, 6.45) is 3.17. The highest BCUT2D eigenvalue weighted by Crippen LogP contribution is 2.19. The molecule has 0 bridgehead atoms. The number of anilines is 2. The number of hydrogen-bond donors (Lipinski definition) is 1. The van der Waals surface area contributed by atoms with Crippen molar-refractivity contribution in [1.29, 1.82) is 0 Å². The second kappa shape index (κ2) is 9.32. The highest BCUT2D eigenvalue weighted by Gasteiger charge is 2.20. The van der Waals surface area contributed by atoms with Crippen molar-refractivity contribution in [3.63, 3.8) is 0 Å². The molecule has 0 radical (unpaired) electrons. The molecule has 1 heterocycles. The molecule has 1 amide bonds. The van der Waals surface area contributed by atoms with E-state index in [1.807, 2.05) is 61.2 Å². The predicted octanol–water partition coefficient (Wildman–Crippen LogP) is 5.39. The summed E-state index contributed by atoms with van der Waals surface area (Å²) in [6, 6.07) is 18.3. The number of benzene rings is 2. The Labute approximate surface area is 172 Å². The summed E-state index contributed by atoms with van der Waals surface area (Å²) in [4.78, 5) is 23.5. The lowest BCUT2D eigenvalue weighted by atomic mass is 10.0. The van der Waals surface area contributed by atoms with Gasteiger partial charge in [0.1, 0.15) is 0 Å². The minimum absolute atomic E-state index is 0.0694.